The quantitative estimate of drug-likeness (QED) is 0.874. The molecular formula is C16H14F3N3O2. The second kappa shape index (κ2) is 7.12. The fourth-order valence-electron chi connectivity index (χ4n) is 2.16. The molecule has 0 spiro atoms. The molecule has 0 saturated carbocycles. The summed E-state index contributed by atoms with van der Waals surface area (Å²) in [5.74, 6) is -1.54. The second-order valence-electron chi connectivity index (χ2n) is 5.02. The highest BCUT2D eigenvalue weighted by atomic mass is 19.4. The smallest absolute Gasteiger partial charge is 0.368 e. The highest BCUT2D eigenvalue weighted by Crippen LogP contribution is 2.32. The van der Waals surface area contributed by atoms with Gasteiger partial charge in [0.25, 0.3) is 5.91 Å². The Morgan fingerprint density at radius 2 is 1.75 bits per heavy atom. The SMILES string of the molecule is NC(=O)[C@H](Cc1ccccc1C(F)(F)F)NC(=O)c1ccncc1. The zero-order valence-corrected chi connectivity index (χ0v) is 12.4. The van der Waals surface area contributed by atoms with Gasteiger partial charge in [-0.25, -0.2) is 0 Å². The van der Waals surface area contributed by atoms with Crippen LogP contribution in [0.15, 0.2) is 48.8 Å². The normalized spacial score (nSPS) is 12.5. The molecule has 1 aromatic heterocycles. The van der Waals surface area contributed by atoms with Crippen LogP contribution in [0, 0.1) is 0 Å². The third kappa shape index (κ3) is 4.31. The minimum Gasteiger partial charge on any atom is -0.368 e. The van der Waals surface area contributed by atoms with E-state index in [2.05, 4.69) is 10.3 Å². The number of halogens is 3. The first-order valence-electron chi connectivity index (χ1n) is 6.94. The van der Waals surface area contributed by atoms with Gasteiger partial charge in [0.1, 0.15) is 6.04 Å². The largest absolute Gasteiger partial charge is 0.416 e. The maximum atomic E-state index is 13.0. The lowest BCUT2D eigenvalue weighted by molar-refractivity contribution is -0.138. The molecule has 0 unspecified atom stereocenters. The third-order valence-electron chi connectivity index (χ3n) is 3.34. The lowest BCUT2D eigenvalue weighted by Crippen LogP contribution is -2.46. The van der Waals surface area contributed by atoms with Crippen LogP contribution in [-0.2, 0) is 17.4 Å². The number of amides is 2. The van der Waals surface area contributed by atoms with Crippen molar-refractivity contribution in [1.82, 2.24) is 10.3 Å². The van der Waals surface area contributed by atoms with Crippen LogP contribution in [0.3, 0.4) is 0 Å². The number of rotatable bonds is 5. The van der Waals surface area contributed by atoms with E-state index in [0.29, 0.717) is 0 Å². The van der Waals surface area contributed by atoms with Crippen molar-refractivity contribution < 1.29 is 22.8 Å². The lowest BCUT2D eigenvalue weighted by atomic mass is 9.99. The van der Waals surface area contributed by atoms with Crippen LogP contribution in [0.5, 0.6) is 0 Å². The van der Waals surface area contributed by atoms with Crippen LogP contribution in [0.25, 0.3) is 0 Å². The van der Waals surface area contributed by atoms with Crippen molar-refractivity contribution in [2.75, 3.05) is 0 Å². The number of nitrogens with two attached hydrogens (primary N) is 1. The van der Waals surface area contributed by atoms with Gasteiger partial charge in [0.05, 0.1) is 5.56 Å². The third-order valence-corrected chi connectivity index (χ3v) is 3.34. The molecule has 0 aliphatic heterocycles. The van der Waals surface area contributed by atoms with Crippen LogP contribution < -0.4 is 11.1 Å². The van der Waals surface area contributed by atoms with Gasteiger partial charge in [-0.3, -0.25) is 14.6 Å². The summed E-state index contributed by atoms with van der Waals surface area (Å²) in [6.45, 7) is 0. The predicted molar refractivity (Wildman–Crippen MR) is 79.8 cm³/mol. The van der Waals surface area contributed by atoms with E-state index in [1.807, 2.05) is 0 Å². The van der Waals surface area contributed by atoms with Crippen molar-refractivity contribution in [3.8, 4) is 0 Å². The molecule has 2 aromatic rings. The maximum absolute atomic E-state index is 13.0. The number of primary amides is 1. The Kier molecular flexibility index (Phi) is 5.18. The highest BCUT2D eigenvalue weighted by Gasteiger charge is 2.34. The number of aromatic nitrogens is 1. The minimum atomic E-state index is -4.56. The van der Waals surface area contributed by atoms with Crippen molar-refractivity contribution in [1.29, 1.82) is 0 Å². The van der Waals surface area contributed by atoms with Gasteiger partial charge in [-0.05, 0) is 23.8 Å². The fraction of sp³-hybridized carbons (Fsp3) is 0.188. The van der Waals surface area contributed by atoms with Crippen LogP contribution in [0.2, 0.25) is 0 Å². The number of alkyl halides is 3. The summed E-state index contributed by atoms with van der Waals surface area (Å²) in [7, 11) is 0. The molecule has 0 fully saturated rings. The van der Waals surface area contributed by atoms with E-state index in [0.717, 1.165) is 6.07 Å². The fourth-order valence-corrected chi connectivity index (χ4v) is 2.16. The van der Waals surface area contributed by atoms with E-state index >= 15 is 0 Å². The number of hydrogen-bond donors (Lipinski definition) is 2. The van der Waals surface area contributed by atoms with Crippen molar-refractivity contribution >= 4 is 11.8 Å². The average Bonchev–Trinajstić information content (AvgIpc) is 2.54. The molecular weight excluding hydrogens is 323 g/mol. The molecule has 2 amide bonds. The first-order chi connectivity index (χ1) is 11.3. The first kappa shape index (κ1) is 17.5. The van der Waals surface area contributed by atoms with Crippen molar-refractivity contribution in [3.05, 3.63) is 65.5 Å². The zero-order valence-electron chi connectivity index (χ0n) is 12.4. The number of nitrogens with zero attached hydrogens (tertiary/aromatic N) is 1. The topological polar surface area (TPSA) is 85.1 Å². The van der Waals surface area contributed by atoms with Crippen LogP contribution >= 0.6 is 0 Å². The molecule has 24 heavy (non-hydrogen) atoms. The Balaban J connectivity index is 2.22. The summed E-state index contributed by atoms with van der Waals surface area (Å²) in [5, 5.41) is 2.35. The molecule has 1 heterocycles. The number of carbonyl (C=O) groups excluding carboxylic acids is 2. The average molecular weight is 337 g/mol. The van der Waals surface area contributed by atoms with E-state index in [4.69, 9.17) is 5.73 Å². The molecule has 0 aliphatic rings. The van der Waals surface area contributed by atoms with Gasteiger partial charge in [0, 0.05) is 24.4 Å². The van der Waals surface area contributed by atoms with E-state index < -0.39 is 29.6 Å². The van der Waals surface area contributed by atoms with Crippen LogP contribution in [-0.4, -0.2) is 22.8 Å². The molecule has 126 valence electrons. The van der Waals surface area contributed by atoms with Gasteiger partial charge in [-0.1, -0.05) is 18.2 Å². The van der Waals surface area contributed by atoms with Crippen molar-refractivity contribution in [2.45, 2.75) is 18.6 Å². The summed E-state index contributed by atoms with van der Waals surface area (Å²) in [4.78, 5) is 27.4. The Hall–Kier alpha value is -2.90. The van der Waals surface area contributed by atoms with E-state index in [1.54, 1.807) is 0 Å². The summed E-state index contributed by atoms with van der Waals surface area (Å²) in [5.41, 5.74) is 4.46. The van der Waals surface area contributed by atoms with Gasteiger partial charge in [-0.15, -0.1) is 0 Å². The predicted octanol–water partition coefficient (Wildman–Crippen LogP) is 1.93. The zero-order chi connectivity index (χ0) is 17.7. The Morgan fingerprint density at radius 1 is 1.12 bits per heavy atom. The summed E-state index contributed by atoms with van der Waals surface area (Å²) < 4.78 is 39.1. The molecule has 8 heteroatoms. The van der Waals surface area contributed by atoms with Crippen molar-refractivity contribution in [3.63, 3.8) is 0 Å². The van der Waals surface area contributed by atoms with Gasteiger partial charge in [-0.2, -0.15) is 13.2 Å². The van der Waals surface area contributed by atoms with Gasteiger partial charge >= 0.3 is 6.18 Å². The van der Waals surface area contributed by atoms with Crippen molar-refractivity contribution in [2.24, 2.45) is 5.73 Å². The number of carbonyl (C=O) groups is 2. The Labute approximate surface area is 135 Å². The van der Waals surface area contributed by atoms with E-state index in [1.165, 1.54) is 42.7 Å². The summed E-state index contributed by atoms with van der Waals surface area (Å²) in [6.07, 6.45) is -2.16. The highest BCUT2D eigenvalue weighted by molar-refractivity contribution is 5.97. The molecule has 2 rings (SSSR count). The van der Waals surface area contributed by atoms with Gasteiger partial charge < -0.3 is 11.1 Å². The molecule has 5 nitrogen and oxygen atoms in total. The molecule has 1 atom stereocenters. The standard InChI is InChI=1S/C16H14F3N3O2/c17-16(18,19)12-4-2-1-3-11(12)9-13(14(20)23)22-15(24)10-5-7-21-8-6-10/h1-8,13H,9H2,(H2,20,23)(H,22,24)/t13-/m0/s1. The maximum Gasteiger partial charge on any atom is 0.416 e. The van der Waals surface area contributed by atoms with E-state index in [9.17, 15) is 22.8 Å². The first-order valence-corrected chi connectivity index (χ1v) is 6.94. The number of benzene rings is 1. The molecule has 3 N–H and O–H groups in total. The summed E-state index contributed by atoms with van der Waals surface area (Å²) >= 11 is 0. The number of hydrogen-bond acceptors (Lipinski definition) is 3. The number of pyridine rings is 1. The minimum absolute atomic E-state index is 0.121. The van der Waals surface area contributed by atoms with Gasteiger partial charge in [0.2, 0.25) is 5.91 Å². The molecule has 0 radical (unpaired) electrons. The molecule has 0 saturated heterocycles. The monoisotopic (exact) mass is 337 g/mol. The summed E-state index contributed by atoms with van der Waals surface area (Å²) in [6, 6.07) is 6.40. The van der Waals surface area contributed by atoms with Crippen LogP contribution in [0.4, 0.5) is 13.2 Å². The van der Waals surface area contributed by atoms with Gasteiger partial charge in [0.15, 0.2) is 0 Å². The second-order valence-corrected chi connectivity index (χ2v) is 5.02. The number of nitrogens with one attached hydrogen (secondary N) is 1. The Morgan fingerprint density at radius 3 is 2.33 bits per heavy atom. The lowest BCUT2D eigenvalue weighted by Gasteiger charge is -2.18. The molecule has 1 aromatic carbocycles. The molecule has 0 bridgehead atoms. The molecule has 0 aliphatic carbocycles. The van der Waals surface area contributed by atoms with E-state index in [-0.39, 0.29) is 17.5 Å². The Bertz CT molecular complexity index is 733. The van der Waals surface area contributed by atoms with Crippen LogP contribution in [0.1, 0.15) is 21.5 Å².